The van der Waals surface area contributed by atoms with Crippen LogP contribution in [0.25, 0.3) is 0 Å². The van der Waals surface area contributed by atoms with E-state index in [1.807, 2.05) is 30.3 Å². The van der Waals surface area contributed by atoms with Crippen LogP contribution in [-0.4, -0.2) is 9.97 Å². The van der Waals surface area contributed by atoms with Gasteiger partial charge < -0.3 is 10.5 Å². The van der Waals surface area contributed by atoms with Gasteiger partial charge in [0.15, 0.2) is 0 Å². The van der Waals surface area contributed by atoms with Crippen LogP contribution >= 0.6 is 0 Å². The fourth-order valence-corrected chi connectivity index (χ4v) is 1.11. The number of hydrogen-bond donors (Lipinski definition) is 1. The maximum atomic E-state index is 5.49. The molecule has 0 aliphatic rings. The lowest BCUT2D eigenvalue weighted by atomic mass is 10.3. The van der Waals surface area contributed by atoms with Gasteiger partial charge in [0.1, 0.15) is 18.2 Å². The van der Waals surface area contributed by atoms with E-state index in [-0.39, 0.29) is 0 Å². The van der Waals surface area contributed by atoms with Crippen molar-refractivity contribution in [3.63, 3.8) is 0 Å². The fraction of sp³-hybridized carbons (Fsp3) is 0.0909. The third kappa shape index (κ3) is 2.67. The molecule has 2 rings (SSSR count). The summed E-state index contributed by atoms with van der Waals surface area (Å²) in [7, 11) is 0. The van der Waals surface area contributed by atoms with Crippen LogP contribution in [0.3, 0.4) is 0 Å². The summed E-state index contributed by atoms with van der Waals surface area (Å²) in [6, 6.07) is 9.57. The highest BCUT2D eigenvalue weighted by Gasteiger charge is 1.96. The second-order valence-electron chi connectivity index (χ2n) is 3.03. The van der Waals surface area contributed by atoms with Crippen LogP contribution in [0.5, 0.6) is 5.75 Å². The number of hydrogen-bond acceptors (Lipinski definition) is 4. The molecule has 0 fully saturated rings. The predicted octanol–water partition coefficient (Wildman–Crippen LogP) is 1.64. The van der Waals surface area contributed by atoms with E-state index < -0.39 is 0 Å². The van der Waals surface area contributed by atoms with Gasteiger partial charge in [-0.15, -0.1) is 0 Å². The lowest BCUT2D eigenvalue weighted by molar-refractivity contribution is 0.301. The highest BCUT2D eigenvalue weighted by Crippen LogP contribution is 2.10. The van der Waals surface area contributed by atoms with Crippen molar-refractivity contribution >= 4 is 5.82 Å². The first-order valence-corrected chi connectivity index (χ1v) is 4.59. The Morgan fingerprint density at radius 2 is 1.87 bits per heavy atom. The zero-order valence-electron chi connectivity index (χ0n) is 8.13. The van der Waals surface area contributed by atoms with Crippen molar-refractivity contribution in [2.24, 2.45) is 0 Å². The summed E-state index contributed by atoms with van der Waals surface area (Å²) in [4.78, 5) is 8.01. The second-order valence-corrected chi connectivity index (χ2v) is 3.03. The van der Waals surface area contributed by atoms with Crippen molar-refractivity contribution in [1.82, 2.24) is 9.97 Å². The lowest BCUT2D eigenvalue weighted by Gasteiger charge is -2.04. The number of nitrogens with zero attached hydrogens (tertiary/aromatic N) is 2. The maximum absolute atomic E-state index is 5.49. The molecular weight excluding hydrogens is 190 g/mol. The average Bonchev–Trinajstić information content (AvgIpc) is 2.30. The lowest BCUT2D eigenvalue weighted by Crippen LogP contribution is -2.00. The number of anilines is 1. The maximum Gasteiger partial charge on any atom is 0.141 e. The zero-order valence-corrected chi connectivity index (χ0v) is 8.13. The summed E-state index contributed by atoms with van der Waals surface area (Å²) in [6.07, 6.45) is 3.13. The molecule has 1 heterocycles. The van der Waals surface area contributed by atoms with Crippen molar-refractivity contribution in [3.05, 3.63) is 48.4 Å². The topological polar surface area (TPSA) is 61.0 Å². The van der Waals surface area contributed by atoms with Gasteiger partial charge in [0.2, 0.25) is 0 Å². The quantitative estimate of drug-likeness (QED) is 0.820. The minimum atomic E-state index is 0.400. The molecule has 4 nitrogen and oxygen atoms in total. The van der Waals surface area contributed by atoms with Crippen LogP contribution in [0.4, 0.5) is 5.82 Å². The van der Waals surface area contributed by atoms with Crippen molar-refractivity contribution in [1.29, 1.82) is 0 Å². The molecule has 0 aliphatic carbocycles. The summed E-state index contributed by atoms with van der Waals surface area (Å²) in [5, 5.41) is 0. The SMILES string of the molecule is Nc1cnc(COc2ccccc2)cn1. The largest absolute Gasteiger partial charge is 0.487 e. The standard InChI is InChI=1S/C11H11N3O/c12-11-7-13-9(6-14-11)8-15-10-4-2-1-3-5-10/h1-7H,8H2,(H2,12,14). The second kappa shape index (κ2) is 4.41. The van der Waals surface area contributed by atoms with E-state index in [9.17, 15) is 0 Å². The van der Waals surface area contributed by atoms with E-state index >= 15 is 0 Å². The highest BCUT2D eigenvalue weighted by atomic mass is 16.5. The smallest absolute Gasteiger partial charge is 0.141 e. The summed E-state index contributed by atoms with van der Waals surface area (Å²) in [5.41, 5.74) is 6.18. The van der Waals surface area contributed by atoms with Crippen LogP contribution in [-0.2, 0) is 6.61 Å². The van der Waals surface area contributed by atoms with E-state index in [0.717, 1.165) is 11.4 Å². The van der Waals surface area contributed by atoms with Gasteiger partial charge >= 0.3 is 0 Å². The van der Waals surface area contributed by atoms with Crippen molar-refractivity contribution in [3.8, 4) is 5.75 Å². The molecule has 0 aliphatic heterocycles. The number of nitrogen functional groups attached to an aromatic ring is 1. The summed E-state index contributed by atoms with van der Waals surface area (Å²) < 4.78 is 5.49. The number of ether oxygens (including phenoxy) is 1. The monoisotopic (exact) mass is 201 g/mol. The highest BCUT2D eigenvalue weighted by molar-refractivity contribution is 5.23. The Bertz CT molecular complexity index is 414. The molecular formula is C11H11N3O. The van der Waals surface area contributed by atoms with Crippen LogP contribution in [0, 0.1) is 0 Å². The summed E-state index contributed by atoms with van der Waals surface area (Å²) in [5.74, 6) is 1.23. The van der Waals surface area contributed by atoms with Gasteiger partial charge in [0.05, 0.1) is 18.1 Å². The molecule has 1 aromatic heterocycles. The Kier molecular flexibility index (Phi) is 2.78. The molecule has 0 bridgehead atoms. The fourth-order valence-electron chi connectivity index (χ4n) is 1.11. The normalized spacial score (nSPS) is 9.87. The van der Waals surface area contributed by atoms with Gasteiger partial charge in [-0.2, -0.15) is 0 Å². The van der Waals surface area contributed by atoms with Gasteiger partial charge in [-0.3, -0.25) is 4.98 Å². The van der Waals surface area contributed by atoms with Crippen LogP contribution in [0.2, 0.25) is 0 Å². The number of para-hydroxylation sites is 1. The van der Waals surface area contributed by atoms with Gasteiger partial charge in [-0.25, -0.2) is 4.98 Å². The third-order valence-electron chi connectivity index (χ3n) is 1.86. The van der Waals surface area contributed by atoms with E-state index in [4.69, 9.17) is 10.5 Å². The number of aromatic nitrogens is 2. The van der Waals surface area contributed by atoms with E-state index in [1.165, 1.54) is 6.20 Å². The van der Waals surface area contributed by atoms with Gasteiger partial charge in [-0.05, 0) is 12.1 Å². The molecule has 4 heteroatoms. The van der Waals surface area contributed by atoms with Crippen LogP contribution < -0.4 is 10.5 Å². The molecule has 76 valence electrons. The molecule has 0 atom stereocenters. The third-order valence-corrected chi connectivity index (χ3v) is 1.86. The molecule has 15 heavy (non-hydrogen) atoms. The summed E-state index contributed by atoms with van der Waals surface area (Å²) in [6.45, 7) is 0.400. The first kappa shape index (κ1) is 9.45. The molecule has 2 aromatic rings. The Morgan fingerprint density at radius 3 is 2.53 bits per heavy atom. The molecule has 1 aromatic carbocycles. The molecule has 0 amide bonds. The molecule has 0 saturated heterocycles. The predicted molar refractivity (Wildman–Crippen MR) is 57.2 cm³/mol. The van der Waals surface area contributed by atoms with E-state index in [2.05, 4.69) is 9.97 Å². The van der Waals surface area contributed by atoms with Crippen molar-refractivity contribution in [2.75, 3.05) is 5.73 Å². The molecule has 0 saturated carbocycles. The molecule has 2 N–H and O–H groups in total. The zero-order chi connectivity index (χ0) is 10.5. The Balaban J connectivity index is 1.96. The average molecular weight is 201 g/mol. The first-order chi connectivity index (χ1) is 7.34. The Labute approximate surface area is 87.7 Å². The van der Waals surface area contributed by atoms with E-state index in [1.54, 1.807) is 6.20 Å². The number of nitrogens with two attached hydrogens (primary N) is 1. The molecule has 0 spiro atoms. The first-order valence-electron chi connectivity index (χ1n) is 4.59. The summed E-state index contributed by atoms with van der Waals surface area (Å²) >= 11 is 0. The van der Waals surface area contributed by atoms with Crippen LogP contribution in [0.1, 0.15) is 5.69 Å². The Morgan fingerprint density at radius 1 is 1.07 bits per heavy atom. The van der Waals surface area contributed by atoms with Crippen LogP contribution in [0.15, 0.2) is 42.7 Å². The van der Waals surface area contributed by atoms with Crippen molar-refractivity contribution < 1.29 is 4.74 Å². The number of rotatable bonds is 3. The Hall–Kier alpha value is -2.10. The van der Waals surface area contributed by atoms with E-state index in [0.29, 0.717) is 12.4 Å². The molecule has 0 radical (unpaired) electrons. The van der Waals surface area contributed by atoms with Gasteiger partial charge in [-0.1, -0.05) is 18.2 Å². The minimum absolute atomic E-state index is 0.400. The van der Waals surface area contributed by atoms with Crippen molar-refractivity contribution in [2.45, 2.75) is 6.61 Å². The van der Waals surface area contributed by atoms with Gasteiger partial charge in [0.25, 0.3) is 0 Å². The molecule has 0 unspecified atom stereocenters. The van der Waals surface area contributed by atoms with Gasteiger partial charge in [0, 0.05) is 0 Å². The number of benzene rings is 1. The minimum Gasteiger partial charge on any atom is -0.487 e.